The van der Waals surface area contributed by atoms with Crippen LogP contribution < -0.4 is 5.32 Å². The maximum absolute atomic E-state index is 11.6. The fourth-order valence-electron chi connectivity index (χ4n) is 1.25. The number of hydrogen-bond donors (Lipinski definition) is 1. The van der Waals surface area contributed by atoms with Crippen LogP contribution in [0.2, 0.25) is 0 Å². The van der Waals surface area contributed by atoms with Crippen molar-refractivity contribution in [3.05, 3.63) is 12.2 Å². The molecule has 0 unspecified atom stereocenters. The molecule has 1 N–H and O–H groups in total. The highest BCUT2D eigenvalue weighted by Crippen LogP contribution is 2.09. The number of alkyl carbamates (subject to hydrolysis) is 1. The summed E-state index contributed by atoms with van der Waals surface area (Å²) >= 11 is 0. The lowest BCUT2D eigenvalue weighted by atomic mass is 10.0. The molecule has 0 heterocycles. The van der Waals surface area contributed by atoms with Crippen LogP contribution in [-0.2, 0) is 14.3 Å². The number of amides is 1. The van der Waals surface area contributed by atoms with Crippen molar-refractivity contribution in [2.75, 3.05) is 7.11 Å². The Morgan fingerprint density at radius 1 is 1.26 bits per heavy atom. The summed E-state index contributed by atoms with van der Waals surface area (Å²) < 4.78 is 9.70. The molecule has 0 radical (unpaired) electrons. The molecule has 110 valence electrons. The van der Waals surface area contributed by atoms with E-state index in [1.165, 1.54) is 7.11 Å². The second-order valence-corrected chi connectivity index (χ2v) is 5.50. The number of carbonyl (C=O) groups is 2. The van der Waals surface area contributed by atoms with E-state index < -0.39 is 11.7 Å². The van der Waals surface area contributed by atoms with Gasteiger partial charge in [0.25, 0.3) is 0 Å². The van der Waals surface area contributed by atoms with Gasteiger partial charge in [-0.3, -0.25) is 4.79 Å². The van der Waals surface area contributed by atoms with Gasteiger partial charge in [-0.15, -0.1) is 0 Å². The van der Waals surface area contributed by atoms with E-state index in [1.54, 1.807) is 6.08 Å². The maximum atomic E-state index is 11.6. The molecule has 0 rings (SSSR count). The minimum absolute atomic E-state index is 0.0799. The average molecular weight is 271 g/mol. The lowest BCUT2D eigenvalue weighted by molar-refractivity contribution is -0.139. The highest BCUT2D eigenvalue weighted by atomic mass is 16.6. The van der Waals surface area contributed by atoms with Crippen LogP contribution in [0.4, 0.5) is 4.79 Å². The number of hydrogen-bond acceptors (Lipinski definition) is 4. The fourth-order valence-corrected chi connectivity index (χ4v) is 1.25. The van der Waals surface area contributed by atoms with E-state index in [0.29, 0.717) is 0 Å². The Hall–Kier alpha value is -1.52. The fraction of sp³-hybridized carbons (Fsp3) is 0.714. The predicted molar refractivity (Wildman–Crippen MR) is 73.8 cm³/mol. The largest absolute Gasteiger partial charge is 0.469 e. The van der Waals surface area contributed by atoms with Crippen LogP contribution in [0.1, 0.15) is 41.0 Å². The maximum Gasteiger partial charge on any atom is 0.407 e. The van der Waals surface area contributed by atoms with Crippen LogP contribution in [0.5, 0.6) is 0 Å². The van der Waals surface area contributed by atoms with Gasteiger partial charge in [0.1, 0.15) is 5.60 Å². The van der Waals surface area contributed by atoms with E-state index in [1.807, 2.05) is 40.7 Å². The molecule has 19 heavy (non-hydrogen) atoms. The molecule has 0 aromatic carbocycles. The summed E-state index contributed by atoms with van der Waals surface area (Å²) in [5, 5.41) is 2.76. The van der Waals surface area contributed by atoms with Crippen molar-refractivity contribution in [3.63, 3.8) is 0 Å². The molecule has 0 aromatic rings. The lowest BCUT2D eigenvalue weighted by Gasteiger charge is -2.23. The van der Waals surface area contributed by atoms with Gasteiger partial charge in [0.05, 0.1) is 13.5 Å². The zero-order valence-electron chi connectivity index (χ0n) is 12.6. The molecule has 0 aliphatic heterocycles. The molecular weight excluding hydrogens is 246 g/mol. The van der Waals surface area contributed by atoms with Crippen molar-refractivity contribution in [1.82, 2.24) is 5.32 Å². The summed E-state index contributed by atoms with van der Waals surface area (Å²) in [5.41, 5.74) is -0.506. The van der Waals surface area contributed by atoms with Crippen molar-refractivity contribution < 1.29 is 19.1 Å². The Morgan fingerprint density at radius 2 is 1.84 bits per heavy atom. The monoisotopic (exact) mass is 271 g/mol. The Morgan fingerprint density at radius 3 is 2.32 bits per heavy atom. The minimum atomic E-state index is -0.506. The van der Waals surface area contributed by atoms with Gasteiger partial charge in [-0.2, -0.15) is 0 Å². The van der Waals surface area contributed by atoms with Crippen LogP contribution in [0.25, 0.3) is 0 Å². The lowest BCUT2D eigenvalue weighted by Crippen LogP contribution is -2.40. The summed E-state index contributed by atoms with van der Waals surface area (Å²) in [6.45, 7) is 9.29. The van der Waals surface area contributed by atoms with Gasteiger partial charge in [0.15, 0.2) is 0 Å². The molecule has 5 heteroatoms. The van der Waals surface area contributed by atoms with Crippen LogP contribution >= 0.6 is 0 Å². The van der Waals surface area contributed by atoms with Gasteiger partial charge in [0, 0.05) is 6.04 Å². The molecule has 0 saturated heterocycles. The van der Waals surface area contributed by atoms with Gasteiger partial charge < -0.3 is 14.8 Å². The molecule has 0 saturated carbocycles. The van der Waals surface area contributed by atoms with Crippen molar-refractivity contribution >= 4 is 12.1 Å². The number of ether oxygens (including phenoxy) is 2. The zero-order chi connectivity index (χ0) is 15.1. The third kappa shape index (κ3) is 9.11. The quantitative estimate of drug-likeness (QED) is 0.616. The van der Waals surface area contributed by atoms with Crippen LogP contribution in [-0.4, -0.2) is 30.8 Å². The molecule has 0 aliphatic carbocycles. The Bertz CT molecular complexity index is 331. The summed E-state index contributed by atoms with van der Waals surface area (Å²) in [6, 6.07) is -0.0799. The third-order valence-electron chi connectivity index (χ3n) is 2.48. The second kappa shape index (κ2) is 7.81. The van der Waals surface area contributed by atoms with Crippen molar-refractivity contribution in [3.8, 4) is 0 Å². The number of methoxy groups -OCH3 is 1. The molecule has 0 aromatic heterocycles. The Kier molecular flexibility index (Phi) is 7.19. The van der Waals surface area contributed by atoms with Crippen LogP contribution in [0.15, 0.2) is 12.2 Å². The van der Waals surface area contributed by atoms with E-state index >= 15 is 0 Å². The molecule has 5 nitrogen and oxygen atoms in total. The first-order valence-corrected chi connectivity index (χ1v) is 6.38. The molecule has 2 atom stereocenters. The Balaban J connectivity index is 4.16. The summed E-state index contributed by atoms with van der Waals surface area (Å²) in [4.78, 5) is 22.5. The van der Waals surface area contributed by atoms with Crippen LogP contribution in [0.3, 0.4) is 0 Å². The van der Waals surface area contributed by atoms with E-state index in [-0.39, 0.29) is 24.3 Å². The van der Waals surface area contributed by atoms with E-state index in [0.717, 1.165) is 0 Å². The molecule has 1 amide bonds. The van der Waals surface area contributed by atoms with Crippen molar-refractivity contribution in [2.24, 2.45) is 5.92 Å². The minimum Gasteiger partial charge on any atom is -0.469 e. The van der Waals surface area contributed by atoms with Gasteiger partial charge >= 0.3 is 12.1 Å². The number of rotatable bonds is 5. The molecule has 0 bridgehead atoms. The van der Waals surface area contributed by atoms with Crippen molar-refractivity contribution in [1.29, 1.82) is 0 Å². The first-order chi connectivity index (χ1) is 8.65. The Labute approximate surface area is 115 Å². The van der Waals surface area contributed by atoms with E-state index in [2.05, 4.69) is 10.1 Å². The smallest absolute Gasteiger partial charge is 0.407 e. The molecule has 0 fully saturated rings. The average Bonchev–Trinajstić information content (AvgIpc) is 2.25. The zero-order valence-corrected chi connectivity index (χ0v) is 12.6. The molecular formula is C14H25NO4. The summed E-state index contributed by atoms with van der Waals surface area (Å²) in [5.74, 6) is -0.187. The summed E-state index contributed by atoms with van der Waals surface area (Å²) in [6.07, 6.45) is 3.41. The normalized spacial score (nSPS) is 14.8. The standard InChI is InChI=1S/C14H25NO4/c1-10(8-7-9-12(16)18-6)11(2)15-13(17)19-14(3,4)5/h7-8,10-11H,9H2,1-6H3,(H,15,17)/b8-7+/t10-,11+/m0/s1. The van der Waals surface area contributed by atoms with Gasteiger partial charge in [0.2, 0.25) is 0 Å². The summed E-state index contributed by atoms with van der Waals surface area (Å²) in [7, 11) is 1.35. The van der Waals surface area contributed by atoms with Gasteiger partial charge in [-0.25, -0.2) is 4.79 Å². The SMILES string of the molecule is COC(=O)C/C=C/[C@H](C)[C@@H](C)NC(=O)OC(C)(C)C. The predicted octanol–water partition coefficient (Wildman–Crippen LogP) is 2.66. The van der Waals surface area contributed by atoms with Gasteiger partial charge in [-0.05, 0) is 33.6 Å². The second-order valence-electron chi connectivity index (χ2n) is 5.50. The number of carbonyl (C=O) groups excluding carboxylic acids is 2. The molecule has 0 aliphatic rings. The highest BCUT2D eigenvalue weighted by Gasteiger charge is 2.19. The van der Waals surface area contributed by atoms with Crippen LogP contribution in [0, 0.1) is 5.92 Å². The topological polar surface area (TPSA) is 64.6 Å². The van der Waals surface area contributed by atoms with Crippen molar-refractivity contribution in [2.45, 2.75) is 52.7 Å². The number of esters is 1. The first kappa shape index (κ1) is 17.5. The molecule has 0 spiro atoms. The van der Waals surface area contributed by atoms with E-state index in [9.17, 15) is 9.59 Å². The number of nitrogens with one attached hydrogen (secondary N) is 1. The highest BCUT2D eigenvalue weighted by molar-refractivity contribution is 5.71. The van der Waals surface area contributed by atoms with E-state index in [4.69, 9.17) is 4.74 Å². The third-order valence-corrected chi connectivity index (χ3v) is 2.48. The first-order valence-electron chi connectivity index (χ1n) is 6.38. The van der Waals surface area contributed by atoms with Gasteiger partial charge in [-0.1, -0.05) is 19.1 Å².